The number of ether oxygens (including phenoxy) is 2. The van der Waals surface area contributed by atoms with Gasteiger partial charge in [-0.2, -0.15) is 5.26 Å². The van der Waals surface area contributed by atoms with Gasteiger partial charge in [-0.3, -0.25) is 9.69 Å². The number of thioether (sulfide) groups is 1. The molecule has 0 bridgehead atoms. The Morgan fingerprint density at radius 2 is 1.90 bits per heavy atom. The van der Waals surface area contributed by atoms with Gasteiger partial charge in [-0.15, -0.1) is 11.8 Å². The summed E-state index contributed by atoms with van der Waals surface area (Å²) in [5.74, 6) is 1.03. The van der Waals surface area contributed by atoms with Gasteiger partial charge in [0.15, 0.2) is 5.72 Å². The van der Waals surface area contributed by atoms with Crippen molar-refractivity contribution in [3.8, 4) is 17.6 Å². The van der Waals surface area contributed by atoms with Crippen LogP contribution in [-0.2, 0) is 10.5 Å². The minimum absolute atomic E-state index is 0.110. The summed E-state index contributed by atoms with van der Waals surface area (Å²) in [5.41, 5.74) is 0.436. The minimum Gasteiger partial charge on any atom is -0.497 e. The van der Waals surface area contributed by atoms with Gasteiger partial charge in [0.25, 0.3) is 0 Å². The number of carbonyl (C=O) groups excluding carboxylic acids is 1. The predicted molar refractivity (Wildman–Crippen MR) is 109 cm³/mol. The Kier molecular flexibility index (Phi) is 4.99. The molecule has 2 atom stereocenters. The summed E-state index contributed by atoms with van der Waals surface area (Å²) in [4.78, 5) is 14.5. The molecule has 0 aliphatic carbocycles. The van der Waals surface area contributed by atoms with Crippen molar-refractivity contribution in [1.29, 1.82) is 5.26 Å². The lowest BCUT2D eigenvalue weighted by Gasteiger charge is -2.38. The quantitative estimate of drug-likeness (QED) is 0.835. The molecule has 2 heterocycles. The lowest BCUT2D eigenvalue weighted by Crippen LogP contribution is -2.48. The van der Waals surface area contributed by atoms with Gasteiger partial charge >= 0.3 is 0 Å². The van der Waals surface area contributed by atoms with E-state index in [0.29, 0.717) is 27.7 Å². The van der Waals surface area contributed by atoms with E-state index in [-0.39, 0.29) is 24.0 Å². The number of nitriles is 1. The second-order valence-electron chi connectivity index (χ2n) is 6.93. The Hall–Kier alpha value is -2.95. The van der Waals surface area contributed by atoms with Crippen LogP contribution in [0.3, 0.4) is 0 Å². The molecule has 2 aromatic rings. The zero-order chi connectivity index (χ0) is 20.6. The molecule has 148 valence electrons. The summed E-state index contributed by atoms with van der Waals surface area (Å²) < 4.78 is 10.5. The molecule has 0 radical (unpaired) electrons. The first kappa shape index (κ1) is 19.4. The van der Waals surface area contributed by atoms with E-state index in [1.54, 1.807) is 38.5 Å². The standard InChI is InChI=1S/C22H20N2O4S/c1-27-16-8-6-15(7-9-16)22(26)13-29-21-19(12-23)18(11-20(25)24(21)22)14-4-3-5-17(10-14)28-2/h3-10,18,26H,11,13H2,1-2H3/t18-,22+/m1/s1. The molecule has 4 rings (SSSR count). The number of aliphatic hydroxyl groups is 1. The van der Waals surface area contributed by atoms with Crippen molar-refractivity contribution in [2.45, 2.75) is 18.1 Å². The number of carbonyl (C=O) groups is 1. The Bertz CT molecular complexity index is 1030. The summed E-state index contributed by atoms with van der Waals surface area (Å²) in [5, 5.41) is 21.9. The van der Waals surface area contributed by atoms with E-state index in [9.17, 15) is 15.2 Å². The molecule has 2 aromatic carbocycles. The number of amides is 1. The Balaban J connectivity index is 1.77. The first-order valence-corrected chi connectivity index (χ1v) is 10.1. The second kappa shape index (κ2) is 7.47. The van der Waals surface area contributed by atoms with Crippen molar-refractivity contribution >= 4 is 17.7 Å². The van der Waals surface area contributed by atoms with E-state index < -0.39 is 5.72 Å². The fourth-order valence-corrected chi connectivity index (χ4v) is 5.20. The SMILES string of the molecule is COc1ccc([C@@]2(O)CSC3=C(C#N)[C@@H](c4cccc(OC)c4)CC(=O)N32)cc1. The first-order chi connectivity index (χ1) is 14.0. The van der Waals surface area contributed by atoms with E-state index in [1.807, 2.05) is 24.3 Å². The highest BCUT2D eigenvalue weighted by molar-refractivity contribution is 8.03. The highest BCUT2D eigenvalue weighted by Gasteiger charge is 2.51. The van der Waals surface area contributed by atoms with E-state index in [4.69, 9.17) is 9.47 Å². The van der Waals surface area contributed by atoms with Crippen molar-refractivity contribution in [2.24, 2.45) is 0 Å². The summed E-state index contributed by atoms with van der Waals surface area (Å²) in [7, 11) is 3.15. The van der Waals surface area contributed by atoms with Gasteiger partial charge in [-0.1, -0.05) is 24.3 Å². The van der Waals surface area contributed by atoms with Crippen molar-refractivity contribution < 1.29 is 19.4 Å². The maximum atomic E-state index is 13.1. The number of benzene rings is 2. The molecule has 29 heavy (non-hydrogen) atoms. The van der Waals surface area contributed by atoms with E-state index in [0.717, 1.165) is 5.56 Å². The zero-order valence-electron chi connectivity index (χ0n) is 16.1. The number of methoxy groups -OCH3 is 2. The molecule has 1 saturated heterocycles. The average Bonchev–Trinajstić information content (AvgIpc) is 3.13. The van der Waals surface area contributed by atoms with Crippen LogP contribution in [-0.4, -0.2) is 35.9 Å². The molecule has 0 unspecified atom stereocenters. The van der Waals surface area contributed by atoms with Gasteiger partial charge in [-0.05, 0) is 29.8 Å². The number of allylic oxidation sites excluding steroid dienone is 1. The van der Waals surface area contributed by atoms with Crippen LogP contribution in [0.4, 0.5) is 0 Å². The molecule has 0 spiro atoms. The molecular weight excluding hydrogens is 388 g/mol. The zero-order valence-corrected chi connectivity index (χ0v) is 16.9. The van der Waals surface area contributed by atoms with Crippen molar-refractivity contribution in [1.82, 2.24) is 4.90 Å². The van der Waals surface area contributed by atoms with Crippen LogP contribution in [0.25, 0.3) is 0 Å². The summed E-state index contributed by atoms with van der Waals surface area (Å²) in [6, 6.07) is 16.7. The lowest BCUT2D eigenvalue weighted by molar-refractivity contribution is -0.149. The smallest absolute Gasteiger partial charge is 0.231 e. The number of rotatable bonds is 4. The lowest BCUT2D eigenvalue weighted by atomic mass is 9.85. The van der Waals surface area contributed by atoms with Crippen LogP contribution in [0.1, 0.15) is 23.5 Å². The fourth-order valence-electron chi connectivity index (χ4n) is 3.84. The van der Waals surface area contributed by atoms with Gasteiger partial charge < -0.3 is 14.6 Å². The largest absolute Gasteiger partial charge is 0.497 e. The summed E-state index contributed by atoms with van der Waals surface area (Å²) >= 11 is 1.33. The third-order valence-electron chi connectivity index (χ3n) is 5.36. The molecule has 7 heteroatoms. The van der Waals surface area contributed by atoms with Gasteiger partial charge in [0.1, 0.15) is 11.5 Å². The Labute approximate surface area is 173 Å². The van der Waals surface area contributed by atoms with Crippen LogP contribution in [0.15, 0.2) is 59.1 Å². The minimum atomic E-state index is -1.50. The average molecular weight is 408 g/mol. The van der Waals surface area contributed by atoms with Crippen molar-refractivity contribution in [3.05, 3.63) is 70.3 Å². The number of hydrogen-bond donors (Lipinski definition) is 1. The molecular formula is C22H20N2O4S. The topological polar surface area (TPSA) is 82.8 Å². The van der Waals surface area contributed by atoms with E-state index >= 15 is 0 Å². The number of nitrogens with zero attached hydrogens (tertiary/aromatic N) is 2. The van der Waals surface area contributed by atoms with Crippen LogP contribution in [0.2, 0.25) is 0 Å². The van der Waals surface area contributed by atoms with Gasteiger partial charge in [0.05, 0.1) is 36.6 Å². The van der Waals surface area contributed by atoms with Crippen molar-refractivity contribution in [3.63, 3.8) is 0 Å². The normalized spacial score (nSPS) is 23.6. The van der Waals surface area contributed by atoms with Crippen LogP contribution < -0.4 is 9.47 Å². The molecule has 2 aliphatic rings. The molecule has 0 aromatic heterocycles. The van der Waals surface area contributed by atoms with E-state index in [2.05, 4.69) is 6.07 Å². The molecule has 0 saturated carbocycles. The second-order valence-corrected chi connectivity index (χ2v) is 7.89. The van der Waals surface area contributed by atoms with Crippen molar-refractivity contribution in [2.75, 3.05) is 20.0 Å². The number of hydrogen-bond acceptors (Lipinski definition) is 6. The third kappa shape index (κ3) is 3.15. The summed E-state index contributed by atoms with van der Waals surface area (Å²) in [6.07, 6.45) is 0.110. The Morgan fingerprint density at radius 3 is 2.55 bits per heavy atom. The maximum Gasteiger partial charge on any atom is 0.231 e. The first-order valence-electron chi connectivity index (χ1n) is 9.13. The third-order valence-corrected chi connectivity index (χ3v) is 6.58. The fraction of sp³-hybridized carbons (Fsp3) is 0.273. The van der Waals surface area contributed by atoms with Crippen LogP contribution in [0.5, 0.6) is 11.5 Å². The Morgan fingerprint density at radius 1 is 1.17 bits per heavy atom. The van der Waals surface area contributed by atoms with Crippen LogP contribution >= 0.6 is 11.8 Å². The van der Waals surface area contributed by atoms with Gasteiger partial charge in [0.2, 0.25) is 5.91 Å². The van der Waals surface area contributed by atoms with Gasteiger partial charge in [-0.25, -0.2) is 0 Å². The predicted octanol–water partition coefficient (Wildman–Crippen LogP) is 3.35. The summed E-state index contributed by atoms with van der Waals surface area (Å²) in [6.45, 7) is 0. The van der Waals surface area contributed by atoms with Gasteiger partial charge in [0, 0.05) is 17.9 Å². The molecule has 6 nitrogen and oxygen atoms in total. The highest BCUT2D eigenvalue weighted by atomic mass is 32.2. The highest BCUT2D eigenvalue weighted by Crippen LogP contribution is 2.51. The van der Waals surface area contributed by atoms with Crippen LogP contribution in [0, 0.1) is 11.3 Å². The molecule has 1 fully saturated rings. The maximum absolute atomic E-state index is 13.1. The molecule has 1 N–H and O–H groups in total. The number of fused-ring (bicyclic) bond motifs is 1. The molecule has 2 aliphatic heterocycles. The molecule has 1 amide bonds. The van der Waals surface area contributed by atoms with E-state index in [1.165, 1.54) is 16.7 Å². The monoisotopic (exact) mass is 408 g/mol.